The number of hydrogen-bond donors (Lipinski definition) is 3. The van der Waals surface area contributed by atoms with Crippen molar-refractivity contribution < 1.29 is 14.7 Å². The van der Waals surface area contributed by atoms with E-state index in [1.807, 2.05) is 12.1 Å². The molecule has 2 aliphatic rings. The molecule has 0 aromatic heterocycles. The Morgan fingerprint density at radius 1 is 1.20 bits per heavy atom. The third-order valence-corrected chi connectivity index (χ3v) is 4.87. The fourth-order valence-electron chi connectivity index (χ4n) is 3.39. The van der Waals surface area contributed by atoms with Crippen molar-refractivity contribution in [1.29, 1.82) is 0 Å². The number of hydrogen-bond acceptors (Lipinski definition) is 4. The molecule has 6 heteroatoms. The van der Waals surface area contributed by atoms with Crippen molar-refractivity contribution in [1.82, 2.24) is 10.2 Å². The quantitative estimate of drug-likeness (QED) is 0.701. The number of aliphatic hydroxyl groups is 1. The fraction of sp³-hybridized carbons (Fsp3) is 0.579. The van der Waals surface area contributed by atoms with Gasteiger partial charge in [-0.15, -0.1) is 0 Å². The van der Waals surface area contributed by atoms with Crippen molar-refractivity contribution in [3.63, 3.8) is 0 Å². The topological polar surface area (TPSA) is 81.7 Å². The lowest BCUT2D eigenvalue weighted by Gasteiger charge is -2.31. The monoisotopic (exact) mass is 345 g/mol. The lowest BCUT2D eigenvalue weighted by molar-refractivity contribution is -0.117. The number of piperidine rings is 1. The molecule has 25 heavy (non-hydrogen) atoms. The van der Waals surface area contributed by atoms with E-state index in [0.717, 1.165) is 45.2 Å². The number of anilines is 1. The molecule has 1 atom stereocenters. The minimum absolute atomic E-state index is 0.101. The van der Waals surface area contributed by atoms with Crippen LogP contribution in [-0.2, 0) is 4.79 Å². The molecule has 1 saturated heterocycles. The minimum Gasteiger partial charge on any atom is -0.396 e. The van der Waals surface area contributed by atoms with Crippen LogP contribution >= 0.6 is 0 Å². The van der Waals surface area contributed by atoms with Crippen molar-refractivity contribution in [2.24, 2.45) is 5.92 Å². The first-order chi connectivity index (χ1) is 12.2. The second-order valence-electron chi connectivity index (χ2n) is 7.10. The highest BCUT2D eigenvalue weighted by molar-refractivity contribution is 6.04. The molecule has 6 nitrogen and oxygen atoms in total. The highest BCUT2D eigenvalue weighted by atomic mass is 16.3. The molecule has 1 aromatic rings. The van der Waals surface area contributed by atoms with Crippen LogP contribution in [0.3, 0.4) is 0 Å². The lowest BCUT2D eigenvalue weighted by atomic mass is 9.95. The van der Waals surface area contributed by atoms with Gasteiger partial charge in [-0.3, -0.25) is 14.5 Å². The van der Waals surface area contributed by atoms with E-state index in [-0.39, 0.29) is 24.5 Å². The number of likely N-dealkylation sites (tertiary alicyclic amines) is 1. The van der Waals surface area contributed by atoms with Gasteiger partial charge in [0.25, 0.3) is 5.91 Å². The third-order valence-electron chi connectivity index (χ3n) is 4.87. The minimum atomic E-state index is -0.126. The van der Waals surface area contributed by atoms with Crippen LogP contribution in [0.5, 0.6) is 0 Å². The van der Waals surface area contributed by atoms with Gasteiger partial charge in [-0.25, -0.2) is 0 Å². The highest BCUT2D eigenvalue weighted by Crippen LogP contribution is 2.22. The summed E-state index contributed by atoms with van der Waals surface area (Å²) in [6, 6.07) is 7.42. The Hall–Kier alpha value is -1.92. The molecular formula is C19H27N3O3. The van der Waals surface area contributed by atoms with E-state index >= 15 is 0 Å². The summed E-state index contributed by atoms with van der Waals surface area (Å²) in [5, 5.41) is 14.9. The van der Waals surface area contributed by atoms with Crippen LogP contribution in [-0.4, -0.2) is 54.1 Å². The molecule has 1 saturated carbocycles. The maximum atomic E-state index is 12.4. The second-order valence-corrected chi connectivity index (χ2v) is 7.10. The molecule has 1 heterocycles. The summed E-state index contributed by atoms with van der Waals surface area (Å²) in [5.41, 5.74) is 1.08. The first kappa shape index (κ1) is 17.9. The standard InChI is InChI=1S/C19H27N3O3/c23-11-9-14-4-3-10-22(12-14)13-18(24)21-17-6-2-1-5-16(17)19(25)20-15-7-8-15/h1-2,5-6,14-15,23H,3-4,7-13H2,(H,20,25)(H,21,24)/t14-/m0/s1. The Kier molecular flexibility index (Phi) is 6.04. The Labute approximate surface area is 148 Å². The van der Waals surface area contributed by atoms with Gasteiger partial charge in [0.2, 0.25) is 5.91 Å². The maximum Gasteiger partial charge on any atom is 0.253 e. The molecule has 1 aliphatic heterocycles. The van der Waals surface area contributed by atoms with E-state index in [2.05, 4.69) is 15.5 Å². The van der Waals surface area contributed by atoms with Gasteiger partial charge < -0.3 is 15.7 Å². The number of amides is 2. The van der Waals surface area contributed by atoms with Crippen LogP contribution in [0.2, 0.25) is 0 Å². The van der Waals surface area contributed by atoms with Gasteiger partial charge in [0, 0.05) is 19.2 Å². The van der Waals surface area contributed by atoms with Gasteiger partial charge in [0.1, 0.15) is 0 Å². The average Bonchev–Trinajstić information content (AvgIpc) is 3.40. The molecule has 1 aliphatic carbocycles. The molecule has 0 spiro atoms. The Morgan fingerprint density at radius 2 is 2.00 bits per heavy atom. The molecule has 0 radical (unpaired) electrons. The van der Waals surface area contributed by atoms with Crippen molar-refractivity contribution in [3.05, 3.63) is 29.8 Å². The summed E-state index contributed by atoms with van der Waals surface area (Å²) in [5.74, 6) is 0.235. The van der Waals surface area contributed by atoms with E-state index < -0.39 is 0 Å². The van der Waals surface area contributed by atoms with Crippen LogP contribution in [0.1, 0.15) is 42.5 Å². The van der Waals surface area contributed by atoms with E-state index in [1.165, 1.54) is 0 Å². The largest absolute Gasteiger partial charge is 0.396 e. The van der Waals surface area contributed by atoms with Crippen LogP contribution in [0.25, 0.3) is 0 Å². The number of aliphatic hydroxyl groups excluding tert-OH is 1. The molecule has 0 bridgehead atoms. The zero-order valence-corrected chi connectivity index (χ0v) is 14.5. The van der Waals surface area contributed by atoms with Crippen LogP contribution in [0.4, 0.5) is 5.69 Å². The van der Waals surface area contributed by atoms with Gasteiger partial charge >= 0.3 is 0 Å². The number of para-hydroxylation sites is 1. The van der Waals surface area contributed by atoms with E-state index in [1.54, 1.807) is 12.1 Å². The number of benzene rings is 1. The summed E-state index contributed by atoms with van der Waals surface area (Å²) in [6.45, 7) is 2.27. The molecule has 1 aromatic carbocycles. The SMILES string of the molecule is O=C(CN1CCC[C@@H](CCO)C1)Nc1ccccc1C(=O)NC1CC1. The smallest absolute Gasteiger partial charge is 0.253 e. The van der Waals surface area contributed by atoms with Crippen molar-refractivity contribution in [2.45, 2.75) is 38.1 Å². The van der Waals surface area contributed by atoms with Gasteiger partial charge in [0.05, 0.1) is 17.8 Å². The first-order valence-corrected chi connectivity index (χ1v) is 9.18. The van der Waals surface area contributed by atoms with Gasteiger partial charge in [-0.1, -0.05) is 12.1 Å². The fourth-order valence-corrected chi connectivity index (χ4v) is 3.39. The summed E-state index contributed by atoms with van der Waals surface area (Å²) < 4.78 is 0. The van der Waals surface area contributed by atoms with Crippen molar-refractivity contribution >= 4 is 17.5 Å². The second kappa shape index (κ2) is 8.45. The normalized spacial score (nSPS) is 20.9. The van der Waals surface area contributed by atoms with Crippen molar-refractivity contribution in [2.75, 3.05) is 31.6 Å². The van der Waals surface area contributed by atoms with Crippen LogP contribution in [0, 0.1) is 5.92 Å². The number of nitrogens with zero attached hydrogens (tertiary/aromatic N) is 1. The Morgan fingerprint density at radius 3 is 2.76 bits per heavy atom. The van der Waals surface area contributed by atoms with Crippen LogP contribution < -0.4 is 10.6 Å². The van der Waals surface area contributed by atoms with Gasteiger partial charge in [-0.05, 0) is 56.7 Å². The number of rotatable bonds is 7. The van der Waals surface area contributed by atoms with E-state index in [4.69, 9.17) is 5.11 Å². The lowest BCUT2D eigenvalue weighted by Crippen LogP contribution is -2.40. The van der Waals surface area contributed by atoms with Gasteiger partial charge in [0.15, 0.2) is 0 Å². The molecule has 136 valence electrons. The maximum absolute atomic E-state index is 12.4. The summed E-state index contributed by atoms with van der Waals surface area (Å²) in [6.07, 6.45) is 5.03. The summed E-state index contributed by atoms with van der Waals surface area (Å²) in [7, 11) is 0. The average molecular weight is 345 g/mol. The number of carbonyl (C=O) groups excluding carboxylic acids is 2. The third kappa shape index (κ3) is 5.28. The summed E-state index contributed by atoms with van der Waals surface area (Å²) >= 11 is 0. The van der Waals surface area contributed by atoms with Gasteiger partial charge in [-0.2, -0.15) is 0 Å². The molecular weight excluding hydrogens is 318 g/mol. The van der Waals surface area contributed by atoms with Crippen molar-refractivity contribution in [3.8, 4) is 0 Å². The Balaban J connectivity index is 1.56. The number of nitrogens with one attached hydrogen (secondary N) is 2. The highest BCUT2D eigenvalue weighted by Gasteiger charge is 2.25. The molecule has 2 amide bonds. The van der Waals surface area contributed by atoms with Crippen LogP contribution in [0.15, 0.2) is 24.3 Å². The van der Waals surface area contributed by atoms with E-state index in [0.29, 0.717) is 23.7 Å². The summed E-state index contributed by atoms with van der Waals surface area (Å²) in [4.78, 5) is 26.9. The molecule has 3 rings (SSSR count). The van der Waals surface area contributed by atoms with E-state index in [9.17, 15) is 9.59 Å². The zero-order chi connectivity index (χ0) is 17.6. The predicted octanol–water partition coefficient (Wildman–Crippen LogP) is 1.61. The molecule has 0 unspecified atom stereocenters. The zero-order valence-electron chi connectivity index (χ0n) is 14.5. The molecule has 3 N–H and O–H groups in total. The first-order valence-electron chi connectivity index (χ1n) is 9.18. The predicted molar refractivity (Wildman–Crippen MR) is 96.4 cm³/mol. The Bertz CT molecular complexity index is 614. The molecule has 2 fully saturated rings. The number of carbonyl (C=O) groups is 2.